The number of halogens is 1. The molecule has 0 spiro atoms. The minimum absolute atomic E-state index is 0.0769. The fraction of sp³-hybridized carbons (Fsp3) is 0.375. The Morgan fingerprint density at radius 3 is 2.62 bits per heavy atom. The van der Waals surface area contributed by atoms with Gasteiger partial charge in [-0.2, -0.15) is 0 Å². The van der Waals surface area contributed by atoms with E-state index in [0.717, 1.165) is 19.3 Å². The van der Waals surface area contributed by atoms with Crippen LogP contribution in [-0.2, 0) is 0 Å². The number of allylic oxidation sites excluding steroid dienone is 1. The molecule has 1 aromatic carbocycles. The molecule has 2 N–H and O–H groups in total. The van der Waals surface area contributed by atoms with Gasteiger partial charge in [-0.25, -0.2) is 9.37 Å². The molecule has 0 bridgehead atoms. The summed E-state index contributed by atoms with van der Waals surface area (Å²) >= 11 is 0. The number of benzene rings is 1. The van der Waals surface area contributed by atoms with Crippen LogP contribution in [0.5, 0.6) is 0 Å². The van der Waals surface area contributed by atoms with Crippen molar-refractivity contribution in [2.75, 3.05) is 5.73 Å². The van der Waals surface area contributed by atoms with Gasteiger partial charge in [0.2, 0.25) is 0 Å². The zero-order valence-electron chi connectivity index (χ0n) is 12.4. The zero-order valence-corrected chi connectivity index (χ0v) is 12.4. The molecule has 5 heteroatoms. The molecule has 1 fully saturated rings. The van der Waals surface area contributed by atoms with Crippen LogP contribution in [-0.4, -0.2) is 9.55 Å². The number of nitrogen functional groups attached to an aromatic ring is 1. The highest BCUT2D eigenvalue weighted by atomic mass is 19.1. The average molecular weight is 289 g/mol. The van der Waals surface area contributed by atoms with Crippen molar-refractivity contribution in [2.24, 2.45) is 0 Å². The zero-order chi connectivity index (χ0) is 15.6. The monoisotopic (exact) mass is 289 g/mol. The molecular formula is C16H20FN3O. The number of rotatable bonds is 1. The standard InChI is InChI=1S/C13H14FN3O.C3H6/c1-7-16-12-9(14)5-6-10(15)11(12)13(18)17(7)8-3-2-4-8;1-3-2/h5-6,8H,2-4,15H2,1H3;3H,1H2,2H3. The first kappa shape index (κ1) is 15.2. The van der Waals surface area contributed by atoms with Crippen molar-refractivity contribution in [1.82, 2.24) is 9.55 Å². The first-order valence-corrected chi connectivity index (χ1v) is 7.05. The molecule has 2 aromatic rings. The number of fused-ring (bicyclic) bond motifs is 1. The highest BCUT2D eigenvalue weighted by Gasteiger charge is 2.24. The molecule has 0 atom stereocenters. The summed E-state index contributed by atoms with van der Waals surface area (Å²) in [6, 6.07) is 2.86. The van der Waals surface area contributed by atoms with Gasteiger partial charge in [-0.15, -0.1) is 6.58 Å². The normalized spacial score (nSPS) is 14.2. The molecule has 1 saturated carbocycles. The maximum absolute atomic E-state index is 13.7. The van der Waals surface area contributed by atoms with Crippen LogP contribution in [0.4, 0.5) is 10.1 Å². The van der Waals surface area contributed by atoms with Crippen LogP contribution < -0.4 is 11.3 Å². The van der Waals surface area contributed by atoms with Crippen LogP contribution in [0.2, 0.25) is 0 Å². The largest absolute Gasteiger partial charge is 0.398 e. The van der Waals surface area contributed by atoms with E-state index in [1.165, 1.54) is 12.1 Å². The van der Waals surface area contributed by atoms with E-state index in [9.17, 15) is 9.18 Å². The number of nitrogens with zero attached hydrogens (tertiary/aromatic N) is 2. The van der Waals surface area contributed by atoms with Gasteiger partial charge in [0.25, 0.3) is 5.56 Å². The number of hydrogen-bond acceptors (Lipinski definition) is 3. The van der Waals surface area contributed by atoms with Crippen molar-refractivity contribution < 1.29 is 4.39 Å². The van der Waals surface area contributed by atoms with E-state index in [0.29, 0.717) is 5.82 Å². The van der Waals surface area contributed by atoms with Crippen LogP contribution >= 0.6 is 0 Å². The third-order valence-corrected chi connectivity index (χ3v) is 3.66. The van der Waals surface area contributed by atoms with Gasteiger partial charge in [0.1, 0.15) is 17.2 Å². The van der Waals surface area contributed by atoms with Crippen LogP contribution in [0.25, 0.3) is 10.9 Å². The number of hydrogen-bond donors (Lipinski definition) is 1. The SMILES string of the molecule is C=CC.Cc1nc2c(F)ccc(N)c2c(=O)n1C1CCC1. The van der Waals surface area contributed by atoms with E-state index < -0.39 is 5.82 Å². The van der Waals surface area contributed by atoms with E-state index in [1.807, 2.05) is 6.92 Å². The first-order valence-electron chi connectivity index (χ1n) is 7.05. The van der Waals surface area contributed by atoms with Gasteiger partial charge in [-0.3, -0.25) is 9.36 Å². The Morgan fingerprint density at radius 1 is 1.48 bits per heavy atom. The average Bonchev–Trinajstić information content (AvgIpc) is 2.37. The molecule has 0 radical (unpaired) electrons. The van der Waals surface area contributed by atoms with Gasteiger partial charge in [-0.05, 0) is 45.2 Å². The molecule has 0 aliphatic heterocycles. The molecule has 112 valence electrons. The van der Waals surface area contributed by atoms with Gasteiger partial charge in [-0.1, -0.05) is 6.08 Å². The molecule has 1 aliphatic rings. The Morgan fingerprint density at radius 2 is 2.10 bits per heavy atom. The van der Waals surface area contributed by atoms with Crippen molar-refractivity contribution in [1.29, 1.82) is 0 Å². The second-order valence-corrected chi connectivity index (χ2v) is 5.19. The smallest absolute Gasteiger partial charge is 0.263 e. The second kappa shape index (κ2) is 6.08. The summed E-state index contributed by atoms with van der Waals surface area (Å²) in [6.07, 6.45) is 4.82. The summed E-state index contributed by atoms with van der Waals surface area (Å²) in [6.45, 7) is 6.99. The van der Waals surface area contributed by atoms with Gasteiger partial charge in [0.15, 0.2) is 0 Å². The Labute approximate surface area is 123 Å². The van der Waals surface area contributed by atoms with Crippen molar-refractivity contribution >= 4 is 16.6 Å². The van der Waals surface area contributed by atoms with Gasteiger partial charge >= 0.3 is 0 Å². The lowest BCUT2D eigenvalue weighted by atomic mass is 9.92. The molecular weight excluding hydrogens is 269 g/mol. The van der Waals surface area contributed by atoms with E-state index in [1.54, 1.807) is 17.6 Å². The molecule has 1 heterocycles. The molecule has 3 rings (SSSR count). The Kier molecular flexibility index (Phi) is 4.40. The molecule has 0 saturated heterocycles. The lowest BCUT2D eigenvalue weighted by Crippen LogP contribution is -2.32. The van der Waals surface area contributed by atoms with Crippen LogP contribution in [0, 0.1) is 12.7 Å². The summed E-state index contributed by atoms with van der Waals surface area (Å²) in [5.74, 6) is 0.0573. The number of aromatic nitrogens is 2. The molecule has 4 nitrogen and oxygen atoms in total. The van der Waals surface area contributed by atoms with Crippen molar-refractivity contribution in [3.63, 3.8) is 0 Å². The fourth-order valence-electron chi connectivity index (χ4n) is 2.47. The van der Waals surface area contributed by atoms with Crippen LogP contribution in [0.3, 0.4) is 0 Å². The Bertz CT molecular complexity index is 732. The highest BCUT2D eigenvalue weighted by Crippen LogP contribution is 2.32. The van der Waals surface area contributed by atoms with Crippen LogP contribution in [0.1, 0.15) is 38.1 Å². The molecule has 21 heavy (non-hydrogen) atoms. The maximum atomic E-state index is 13.7. The topological polar surface area (TPSA) is 60.9 Å². The molecule has 1 aromatic heterocycles. The second-order valence-electron chi connectivity index (χ2n) is 5.19. The third-order valence-electron chi connectivity index (χ3n) is 3.66. The minimum atomic E-state index is -0.500. The number of nitrogens with two attached hydrogens (primary N) is 1. The lowest BCUT2D eigenvalue weighted by Gasteiger charge is -2.29. The quantitative estimate of drug-likeness (QED) is 0.647. The van der Waals surface area contributed by atoms with Crippen molar-refractivity contribution in [3.05, 3.63) is 46.8 Å². The van der Waals surface area contributed by atoms with E-state index >= 15 is 0 Å². The molecule has 1 aliphatic carbocycles. The van der Waals surface area contributed by atoms with Gasteiger partial charge in [0.05, 0.1) is 5.39 Å². The first-order chi connectivity index (χ1) is 10.0. The lowest BCUT2D eigenvalue weighted by molar-refractivity contribution is 0.300. The summed E-state index contributed by atoms with van der Waals surface area (Å²) in [7, 11) is 0. The predicted molar refractivity (Wildman–Crippen MR) is 83.9 cm³/mol. The van der Waals surface area contributed by atoms with E-state index in [-0.39, 0.29) is 28.2 Å². The van der Waals surface area contributed by atoms with Crippen LogP contribution in [0.15, 0.2) is 29.6 Å². The minimum Gasteiger partial charge on any atom is -0.398 e. The molecule has 0 unspecified atom stereocenters. The van der Waals surface area contributed by atoms with E-state index in [4.69, 9.17) is 5.73 Å². The summed E-state index contributed by atoms with van der Waals surface area (Å²) in [4.78, 5) is 16.6. The van der Waals surface area contributed by atoms with Gasteiger partial charge < -0.3 is 5.73 Å². The van der Waals surface area contributed by atoms with Crippen molar-refractivity contribution in [2.45, 2.75) is 39.2 Å². The summed E-state index contributed by atoms with van der Waals surface area (Å²) in [5, 5.41) is 0.201. The fourth-order valence-corrected chi connectivity index (χ4v) is 2.47. The third kappa shape index (κ3) is 2.68. The van der Waals surface area contributed by atoms with E-state index in [2.05, 4.69) is 11.6 Å². The molecule has 0 amide bonds. The van der Waals surface area contributed by atoms with Crippen molar-refractivity contribution in [3.8, 4) is 0 Å². The summed E-state index contributed by atoms with van der Waals surface area (Å²) in [5.41, 5.74) is 5.93. The number of aryl methyl sites for hydroxylation is 1. The Balaban J connectivity index is 0.000000497. The maximum Gasteiger partial charge on any atom is 0.263 e. The Hall–Kier alpha value is -2.17. The summed E-state index contributed by atoms with van der Waals surface area (Å²) < 4.78 is 15.3. The predicted octanol–water partition coefficient (Wildman–Crippen LogP) is 3.34. The highest BCUT2D eigenvalue weighted by molar-refractivity contribution is 5.89. The van der Waals surface area contributed by atoms with Gasteiger partial charge in [0, 0.05) is 11.7 Å². The number of anilines is 1.